The topological polar surface area (TPSA) is 34.4 Å². The zero-order chi connectivity index (χ0) is 17.1. The maximum absolute atomic E-state index is 10.0. The van der Waals surface area contributed by atoms with Crippen LogP contribution in [-0.2, 0) is 13.2 Å². The van der Waals surface area contributed by atoms with Crippen molar-refractivity contribution in [2.45, 2.75) is 32.9 Å². The number of aliphatic hydroxyl groups excluding tert-OH is 1. The Morgan fingerprint density at radius 2 is 1.92 bits per heavy atom. The van der Waals surface area contributed by atoms with E-state index in [1.165, 1.54) is 11.3 Å². The van der Waals surface area contributed by atoms with Crippen LogP contribution in [0.4, 0.5) is 0 Å². The Labute approximate surface area is 157 Å². The van der Waals surface area contributed by atoms with Gasteiger partial charge in [-0.25, -0.2) is 0 Å². The molecule has 0 bridgehead atoms. The molecule has 1 aromatic heterocycles. The maximum atomic E-state index is 10.0. The normalized spacial score (nSPS) is 11.9. The first-order valence-electron chi connectivity index (χ1n) is 7.98. The van der Waals surface area contributed by atoms with Crippen LogP contribution in [-0.4, -0.2) is 9.67 Å². The molecule has 2 aromatic carbocycles. The minimum Gasteiger partial charge on any atom is -0.467 e. The molecular formula is C19H21INO2P. The number of hydrogen-bond acceptors (Lipinski definition) is 2. The fraction of sp³-hybridized carbons (Fsp3) is 0.263. The van der Waals surface area contributed by atoms with Gasteiger partial charge in [0.2, 0.25) is 0 Å². The van der Waals surface area contributed by atoms with E-state index in [-0.39, 0.29) is 6.61 Å². The number of fused-ring (bicyclic) bond motifs is 1. The van der Waals surface area contributed by atoms with E-state index in [1.807, 2.05) is 12.1 Å². The number of nitrogens with zero attached hydrogens (tertiary/aromatic N) is 1. The van der Waals surface area contributed by atoms with Crippen LogP contribution in [0, 0.1) is 0 Å². The van der Waals surface area contributed by atoms with Crippen molar-refractivity contribution in [2.24, 2.45) is 0 Å². The lowest BCUT2D eigenvalue weighted by Gasteiger charge is -2.15. The van der Waals surface area contributed by atoms with Crippen molar-refractivity contribution in [3.8, 4) is 5.75 Å². The van der Waals surface area contributed by atoms with Gasteiger partial charge >= 0.3 is 0 Å². The Morgan fingerprint density at radius 1 is 1.17 bits per heavy atom. The van der Waals surface area contributed by atoms with Crippen molar-refractivity contribution >= 4 is 39.4 Å². The van der Waals surface area contributed by atoms with Gasteiger partial charge in [-0.15, -0.1) is 0 Å². The zero-order valence-corrected chi connectivity index (χ0v) is 16.9. The molecule has 0 radical (unpaired) electrons. The van der Waals surface area contributed by atoms with Crippen LogP contribution in [0.3, 0.4) is 0 Å². The van der Waals surface area contributed by atoms with E-state index in [1.54, 1.807) is 0 Å². The second-order valence-electron chi connectivity index (χ2n) is 6.11. The zero-order valence-electron chi connectivity index (χ0n) is 13.8. The summed E-state index contributed by atoms with van der Waals surface area (Å²) >= 11 is 2.22. The fourth-order valence-electron chi connectivity index (χ4n) is 3.29. The molecule has 0 fully saturated rings. The quantitative estimate of drug-likeness (QED) is 0.388. The van der Waals surface area contributed by atoms with Crippen LogP contribution >= 0.6 is 28.5 Å². The average Bonchev–Trinajstić information content (AvgIpc) is 2.89. The first kappa shape index (κ1) is 17.7. The summed E-state index contributed by atoms with van der Waals surface area (Å²) in [6, 6.07) is 16.6. The Balaban J connectivity index is 2.20. The first-order valence-corrected chi connectivity index (χ1v) is 12.0. The van der Waals surface area contributed by atoms with E-state index in [4.69, 9.17) is 4.52 Å². The Bertz CT molecular complexity index is 830. The number of aliphatic hydroxyl groups is 1. The van der Waals surface area contributed by atoms with Gasteiger partial charge in [-0.2, -0.15) is 0 Å². The molecule has 1 atom stereocenters. The minimum atomic E-state index is 0.0434. The van der Waals surface area contributed by atoms with E-state index in [9.17, 15) is 5.11 Å². The second-order valence-corrected chi connectivity index (χ2v) is 7.79. The summed E-state index contributed by atoms with van der Waals surface area (Å²) < 4.78 is 8.00. The molecule has 0 aliphatic rings. The summed E-state index contributed by atoms with van der Waals surface area (Å²) in [6.07, 6.45) is 0. The van der Waals surface area contributed by atoms with Crippen LogP contribution in [0.1, 0.15) is 36.6 Å². The first-order chi connectivity index (χ1) is 11.7. The summed E-state index contributed by atoms with van der Waals surface area (Å²) in [5, 5.41) is 11.1. The van der Waals surface area contributed by atoms with E-state index in [0.29, 0.717) is 12.4 Å². The van der Waals surface area contributed by atoms with Crippen molar-refractivity contribution in [3.63, 3.8) is 0 Å². The lowest BCUT2D eigenvalue weighted by atomic mass is 10.0. The predicted molar refractivity (Wildman–Crippen MR) is 110 cm³/mol. The second kappa shape index (κ2) is 7.85. The van der Waals surface area contributed by atoms with E-state index in [0.717, 1.165) is 28.8 Å². The number of aromatic nitrogens is 1. The molecule has 126 valence electrons. The molecule has 0 aliphatic heterocycles. The van der Waals surface area contributed by atoms with Crippen molar-refractivity contribution in [1.82, 2.24) is 4.57 Å². The predicted octanol–water partition coefficient (Wildman–Crippen LogP) is 5.63. The van der Waals surface area contributed by atoms with Crippen LogP contribution in [0.25, 0.3) is 10.9 Å². The largest absolute Gasteiger partial charge is 0.467 e. The van der Waals surface area contributed by atoms with Crippen molar-refractivity contribution in [1.29, 1.82) is 0 Å². The summed E-state index contributed by atoms with van der Waals surface area (Å²) in [4.78, 5) is 0. The lowest BCUT2D eigenvalue weighted by Crippen LogP contribution is -2.07. The Hall–Kier alpha value is -1.10. The standard InChI is InChI=1S/C19H21INO2P/c1-13(2)19-17(12-22)16-10-15(23-24-20)8-9-18(16)21(19)11-14-6-4-3-5-7-14/h3-10,13,22,24H,11-12H2,1-2H3. The number of hydrogen-bond donors (Lipinski definition) is 1. The van der Waals surface area contributed by atoms with Gasteiger partial charge in [0.15, 0.2) is 0 Å². The SMILES string of the molecule is CC(C)c1c(CO)c2cc(OPI)ccc2n1Cc1ccccc1. The lowest BCUT2D eigenvalue weighted by molar-refractivity contribution is 0.281. The van der Waals surface area contributed by atoms with Crippen molar-refractivity contribution in [2.75, 3.05) is 0 Å². The molecule has 3 aromatic rings. The van der Waals surface area contributed by atoms with Crippen LogP contribution in [0.5, 0.6) is 5.75 Å². The van der Waals surface area contributed by atoms with Crippen molar-refractivity contribution in [3.05, 3.63) is 65.4 Å². The highest BCUT2D eigenvalue weighted by Crippen LogP contribution is 2.36. The van der Waals surface area contributed by atoms with Gasteiger partial charge in [0, 0.05) is 28.7 Å². The van der Waals surface area contributed by atoms with Gasteiger partial charge < -0.3 is 14.2 Å². The smallest absolute Gasteiger partial charge is 0.137 e. The number of halogens is 1. The van der Waals surface area contributed by atoms with Crippen molar-refractivity contribution < 1.29 is 9.63 Å². The maximum Gasteiger partial charge on any atom is 0.137 e. The van der Waals surface area contributed by atoms with Gasteiger partial charge in [0.1, 0.15) is 12.2 Å². The van der Waals surface area contributed by atoms with E-state index >= 15 is 0 Å². The fourth-order valence-corrected chi connectivity index (χ4v) is 4.27. The molecule has 0 amide bonds. The highest BCUT2D eigenvalue weighted by Gasteiger charge is 2.19. The third-order valence-corrected chi connectivity index (χ3v) is 5.20. The van der Waals surface area contributed by atoms with Crippen LogP contribution in [0.2, 0.25) is 0 Å². The summed E-state index contributed by atoms with van der Waals surface area (Å²) in [5.41, 5.74) is 4.62. The molecule has 5 heteroatoms. The molecule has 0 saturated heterocycles. The minimum absolute atomic E-state index is 0.0434. The van der Waals surface area contributed by atoms with Gasteiger partial charge in [0.05, 0.1) is 6.61 Å². The Kier molecular flexibility index (Phi) is 5.80. The third-order valence-electron chi connectivity index (χ3n) is 4.23. The van der Waals surface area contributed by atoms with Gasteiger partial charge in [-0.3, -0.25) is 0 Å². The van der Waals surface area contributed by atoms with Gasteiger partial charge in [-0.1, -0.05) is 44.2 Å². The summed E-state index contributed by atoms with van der Waals surface area (Å²) in [6.45, 7) is 5.59. The molecule has 24 heavy (non-hydrogen) atoms. The van der Waals surface area contributed by atoms with Gasteiger partial charge in [0.25, 0.3) is 0 Å². The van der Waals surface area contributed by atoms with Crippen LogP contribution in [0.15, 0.2) is 48.5 Å². The number of rotatable bonds is 6. The molecular weight excluding hydrogens is 432 g/mol. The highest BCUT2D eigenvalue weighted by molar-refractivity contribution is 14.2. The molecule has 1 unspecified atom stereocenters. The molecule has 0 aliphatic carbocycles. The van der Waals surface area contributed by atoms with E-state index < -0.39 is 0 Å². The molecule has 1 heterocycles. The van der Waals surface area contributed by atoms with Crippen LogP contribution < -0.4 is 4.52 Å². The Morgan fingerprint density at radius 3 is 2.54 bits per heavy atom. The molecule has 3 nitrogen and oxygen atoms in total. The molecule has 1 N–H and O–H groups in total. The molecule has 0 saturated carbocycles. The molecule has 0 spiro atoms. The third kappa shape index (κ3) is 3.46. The van der Waals surface area contributed by atoms with E-state index in [2.05, 4.69) is 76.9 Å². The monoisotopic (exact) mass is 453 g/mol. The number of benzene rings is 2. The molecule has 3 rings (SSSR count). The summed E-state index contributed by atoms with van der Waals surface area (Å²) in [5.74, 6) is 1.19. The van der Waals surface area contributed by atoms with Gasteiger partial charge in [-0.05, 0) is 51.7 Å². The summed E-state index contributed by atoms with van der Waals surface area (Å²) in [7, 11) is 0. The average molecular weight is 453 g/mol. The highest BCUT2D eigenvalue weighted by atomic mass is 127.